The van der Waals surface area contributed by atoms with E-state index in [9.17, 15) is 0 Å². The Kier molecular flexibility index (Phi) is 3.66. The van der Waals surface area contributed by atoms with Crippen LogP contribution >= 0.6 is 0 Å². The maximum Gasteiger partial charge on any atom is 0.0214 e. The molecule has 2 aliphatic heterocycles. The lowest BCUT2D eigenvalue weighted by molar-refractivity contribution is 0.166. The summed E-state index contributed by atoms with van der Waals surface area (Å²) in [6.07, 6.45) is 5.46. The molecule has 0 amide bonds. The van der Waals surface area contributed by atoms with Crippen molar-refractivity contribution in [2.75, 3.05) is 13.1 Å². The Labute approximate surface area is 127 Å². The van der Waals surface area contributed by atoms with E-state index >= 15 is 0 Å². The van der Waals surface area contributed by atoms with Crippen LogP contribution in [0.15, 0.2) is 42.5 Å². The Balaban J connectivity index is 1.44. The molecule has 0 aliphatic carbocycles. The first-order valence-corrected chi connectivity index (χ1v) is 8.34. The van der Waals surface area contributed by atoms with E-state index < -0.39 is 0 Å². The van der Waals surface area contributed by atoms with Gasteiger partial charge in [-0.05, 0) is 55.1 Å². The molecular weight excluding hydrogens is 256 g/mol. The minimum atomic E-state index is 0.698. The average Bonchev–Trinajstić information content (AvgIpc) is 3.00. The van der Waals surface area contributed by atoms with E-state index in [0.717, 1.165) is 12.6 Å². The highest BCUT2D eigenvalue weighted by molar-refractivity contribution is 5.85. The molecule has 2 aromatic rings. The predicted octanol–water partition coefficient (Wildman–Crippen LogP) is 3.56. The third kappa shape index (κ3) is 2.70. The van der Waals surface area contributed by atoms with Crippen LogP contribution in [0.25, 0.3) is 10.8 Å². The van der Waals surface area contributed by atoms with Gasteiger partial charge in [0.25, 0.3) is 0 Å². The van der Waals surface area contributed by atoms with Crippen molar-refractivity contribution in [3.63, 3.8) is 0 Å². The van der Waals surface area contributed by atoms with Crippen molar-refractivity contribution < 1.29 is 0 Å². The van der Waals surface area contributed by atoms with Crippen molar-refractivity contribution in [3.05, 3.63) is 48.0 Å². The number of hydrogen-bond acceptors (Lipinski definition) is 2. The number of piperidine rings is 1. The molecule has 2 aliphatic rings. The van der Waals surface area contributed by atoms with E-state index in [4.69, 9.17) is 0 Å². The molecule has 4 rings (SSSR count). The summed E-state index contributed by atoms with van der Waals surface area (Å²) in [5.74, 6) is 0. The second-order valence-corrected chi connectivity index (χ2v) is 6.57. The summed E-state index contributed by atoms with van der Waals surface area (Å²) < 4.78 is 0. The van der Waals surface area contributed by atoms with E-state index in [1.807, 2.05) is 0 Å². The SMILES string of the molecule is c1ccc2c(CNC3CCN4CCCC4C3)cccc2c1. The molecule has 2 unspecified atom stereocenters. The van der Waals surface area contributed by atoms with Crippen LogP contribution in [0.1, 0.15) is 31.2 Å². The molecule has 0 saturated carbocycles. The van der Waals surface area contributed by atoms with Crippen molar-refractivity contribution >= 4 is 10.8 Å². The van der Waals surface area contributed by atoms with Crippen molar-refractivity contribution in [1.82, 2.24) is 10.2 Å². The molecule has 0 bridgehead atoms. The molecular formula is C19H24N2. The number of nitrogens with one attached hydrogen (secondary N) is 1. The van der Waals surface area contributed by atoms with Crippen LogP contribution < -0.4 is 5.32 Å². The van der Waals surface area contributed by atoms with Gasteiger partial charge in [-0.1, -0.05) is 42.5 Å². The molecule has 2 aromatic carbocycles. The fraction of sp³-hybridized carbons (Fsp3) is 0.474. The third-order valence-corrected chi connectivity index (χ3v) is 5.28. The highest BCUT2D eigenvalue weighted by Crippen LogP contribution is 2.27. The summed E-state index contributed by atoms with van der Waals surface area (Å²) in [5, 5.41) is 6.56. The van der Waals surface area contributed by atoms with Gasteiger partial charge in [0.05, 0.1) is 0 Å². The van der Waals surface area contributed by atoms with Gasteiger partial charge in [-0.2, -0.15) is 0 Å². The highest BCUT2D eigenvalue weighted by Gasteiger charge is 2.31. The Bertz CT molecular complexity index is 616. The number of rotatable bonds is 3. The second kappa shape index (κ2) is 5.78. The summed E-state index contributed by atoms with van der Waals surface area (Å²) >= 11 is 0. The first-order valence-electron chi connectivity index (χ1n) is 8.34. The van der Waals surface area contributed by atoms with Crippen molar-refractivity contribution in [1.29, 1.82) is 0 Å². The average molecular weight is 280 g/mol. The summed E-state index contributed by atoms with van der Waals surface area (Å²) in [6, 6.07) is 16.9. The lowest BCUT2D eigenvalue weighted by Gasteiger charge is -2.35. The smallest absolute Gasteiger partial charge is 0.0214 e. The zero-order chi connectivity index (χ0) is 14.1. The summed E-state index contributed by atoms with van der Waals surface area (Å²) in [7, 11) is 0. The van der Waals surface area contributed by atoms with Crippen molar-refractivity contribution in [2.24, 2.45) is 0 Å². The normalized spacial score (nSPS) is 26.1. The van der Waals surface area contributed by atoms with E-state index in [1.54, 1.807) is 0 Å². The van der Waals surface area contributed by atoms with Crippen LogP contribution in [0, 0.1) is 0 Å². The highest BCUT2D eigenvalue weighted by atomic mass is 15.2. The standard InChI is InChI=1S/C19H24N2/c1-2-9-19-15(5-1)6-3-7-16(19)14-20-17-10-12-21-11-4-8-18(21)13-17/h1-3,5-7,9,17-18,20H,4,8,10-14H2. The third-order valence-electron chi connectivity index (χ3n) is 5.28. The first kappa shape index (κ1) is 13.3. The van der Waals surface area contributed by atoms with Crippen LogP contribution in [0.4, 0.5) is 0 Å². The van der Waals surface area contributed by atoms with Gasteiger partial charge in [-0.25, -0.2) is 0 Å². The van der Waals surface area contributed by atoms with Crippen LogP contribution in [0.5, 0.6) is 0 Å². The molecule has 2 nitrogen and oxygen atoms in total. The number of benzene rings is 2. The van der Waals surface area contributed by atoms with Gasteiger partial charge in [0.15, 0.2) is 0 Å². The van der Waals surface area contributed by atoms with Gasteiger partial charge in [-0.15, -0.1) is 0 Å². The van der Waals surface area contributed by atoms with E-state index in [-0.39, 0.29) is 0 Å². The molecule has 2 fully saturated rings. The Morgan fingerprint density at radius 2 is 1.90 bits per heavy atom. The molecule has 110 valence electrons. The van der Waals surface area contributed by atoms with Gasteiger partial charge < -0.3 is 10.2 Å². The van der Waals surface area contributed by atoms with Gasteiger partial charge in [0.2, 0.25) is 0 Å². The van der Waals surface area contributed by atoms with E-state index in [0.29, 0.717) is 6.04 Å². The number of nitrogens with zero attached hydrogens (tertiary/aromatic N) is 1. The topological polar surface area (TPSA) is 15.3 Å². The predicted molar refractivity (Wildman–Crippen MR) is 88.4 cm³/mol. The van der Waals surface area contributed by atoms with Crippen LogP contribution in [0.3, 0.4) is 0 Å². The van der Waals surface area contributed by atoms with Crippen molar-refractivity contribution in [3.8, 4) is 0 Å². The quantitative estimate of drug-likeness (QED) is 0.925. The van der Waals surface area contributed by atoms with Crippen LogP contribution in [0.2, 0.25) is 0 Å². The minimum absolute atomic E-state index is 0.698. The minimum Gasteiger partial charge on any atom is -0.310 e. The molecule has 21 heavy (non-hydrogen) atoms. The molecule has 0 spiro atoms. The molecule has 2 atom stereocenters. The fourth-order valence-corrected chi connectivity index (χ4v) is 4.11. The summed E-state index contributed by atoms with van der Waals surface area (Å²) in [6.45, 7) is 3.62. The Hall–Kier alpha value is -1.38. The van der Waals surface area contributed by atoms with Crippen LogP contribution in [-0.2, 0) is 6.54 Å². The van der Waals surface area contributed by atoms with Crippen molar-refractivity contribution in [2.45, 2.75) is 44.3 Å². The van der Waals surface area contributed by atoms with E-state index in [2.05, 4.69) is 52.7 Å². The Morgan fingerprint density at radius 3 is 2.90 bits per heavy atom. The fourth-order valence-electron chi connectivity index (χ4n) is 4.11. The molecule has 0 radical (unpaired) electrons. The van der Waals surface area contributed by atoms with E-state index in [1.165, 1.54) is 55.1 Å². The zero-order valence-electron chi connectivity index (χ0n) is 12.6. The van der Waals surface area contributed by atoms with Gasteiger partial charge in [0.1, 0.15) is 0 Å². The molecule has 1 N–H and O–H groups in total. The molecule has 0 aromatic heterocycles. The maximum absolute atomic E-state index is 3.82. The molecule has 2 heteroatoms. The van der Waals surface area contributed by atoms with Crippen LogP contribution in [-0.4, -0.2) is 30.1 Å². The maximum atomic E-state index is 3.82. The lowest BCUT2D eigenvalue weighted by Crippen LogP contribution is -2.45. The summed E-state index contributed by atoms with van der Waals surface area (Å²) in [5.41, 5.74) is 1.43. The number of hydrogen-bond donors (Lipinski definition) is 1. The van der Waals surface area contributed by atoms with Gasteiger partial charge in [0, 0.05) is 18.6 Å². The second-order valence-electron chi connectivity index (χ2n) is 6.57. The molecule has 2 heterocycles. The van der Waals surface area contributed by atoms with Gasteiger partial charge in [-0.3, -0.25) is 0 Å². The van der Waals surface area contributed by atoms with Gasteiger partial charge >= 0.3 is 0 Å². The first-order chi connectivity index (χ1) is 10.4. The summed E-state index contributed by atoms with van der Waals surface area (Å²) in [4.78, 5) is 2.69. The Morgan fingerprint density at radius 1 is 1.00 bits per heavy atom. The number of fused-ring (bicyclic) bond motifs is 2. The monoisotopic (exact) mass is 280 g/mol. The molecule has 2 saturated heterocycles. The lowest BCUT2D eigenvalue weighted by atomic mass is 9.97. The largest absolute Gasteiger partial charge is 0.310 e. The zero-order valence-corrected chi connectivity index (χ0v) is 12.6.